The maximum Gasteiger partial charge on any atom is 0.333 e. The second-order valence-corrected chi connectivity index (χ2v) is 11.1. The summed E-state index contributed by atoms with van der Waals surface area (Å²) in [6.45, 7) is 5.75. The molecule has 0 heterocycles. The zero-order chi connectivity index (χ0) is 25.6. The molecule has 35 heavy (non-hydrogen) atoms. The van der Waals surface area contributed by atoms with E-state index in [1.165, 1.54) is 13.2 Å². The maximum atomic E-state index is 13.0. The molecule has 0 aliphatic carbocycles. The van der Waals surface area contributed by atoms with Gasteiger partial charge in [0.15, 0.2) is 6.04 Å². The van der Waals surface area contributed by atoms with E-state index in [1.807, 2.05) is 51.1 Å². The Labute approximate surface area is 206 Å². The Hall–Kier alpha value is -3.65. The molecule has 0 saturated heterocycles. The van der Waals surface area contributed by atoms with E-state index < -0.39 is 22.0 Å². The summed E-state index contributed by atoms with van der Waals surface area (Å²) in [6.07, 6.45) is 0.214. The van der Waals surface area contributed by atoms with Gasteiger partial charge in [-0.3, -0.25) is 9.52 Å². The SMILES string of the molecule is COC(=O)[C@@H](NC(=O)CC(C)(C)C)c1cccc(NS(=O)(=O)c2ccc(-c3ccccc3)cc2)c1. The van der Waals surface area contributed by atoms with Gasteiger partial charge in [-0.2, -0.15) is 0 Å². The van der Waals surface area contributed by atoms with Gasteiger partial charge in [0, 0.05) is 12.1 Å². The largest absolute Gasteiger partial charge is 0.467 e. The molecule has 0 aromatic heterocycles. The highest BCUT2D eigenvalue weighted by molar-refractivity contribution is 7.92. The van der Waals surface area contributed by atoms with Crippen LogP contribution in [0, 0.1) is 5.41 Å². The predicted molar refractivity (Wildman–Crippen MR) is 136 cm³/mol. The number of methoxy groups -OCH3 is 1. The number of nitrogens with one attached hydrogen (secondary N) is 2. The normalized spacial score (nSPS) is 12.5. The molecule has 0 bridgehead atoms. The molecular formula is C27H30N2O5S. The standard InChI is InChI=1S/C27H30N2O5S/c1-27(2,3)18-24(30)28-25(26(31)34-4)21-11-8-12-22(17-21)29-35(32,33)23-15-13-20(14-16-23)19-9-6-5-7-10-19/h5-17,25,29H,18H2,1-4H3,(H,28,30)/t25-/m0/s1. The Kier molecular flexibility index (Phi) is 7.96. The van der Waals surface area contributed by atoms with Crippen LogP contribution in [0.5, 0.6) is 0 Å². The molecule has 0 aliphatic heterocycles. The van der Waals surface area contributed by atoms with Crippen molar-refractivity contribution in [2.24, 2.45) is 5.41 Å². The fourth-order valence-corrected chi connectivity index (χ4v) is 4.59. The number of hydrogen-bond donors (Lipinski definition) is 2. The lowest BCUT2D eigenvalue weighted by atomic mass is 9.91. The molecule has 3 aromatic carbocycles. The summed E-state index contributed by atoms with van der Waals surface area (Å²) in [4.78, 5) is 25.0. The summed E-state index contributed by atoms with van der Waals surface area (Å²) >= 11 is 0. The Morgan fingerprint density at radius 2 is 1.51 bits per heavy atom. The van der Waals surface area contributed by atoms with Crippen LogP contribution in [0.25, 0.3) is 11.1 Å². The van der Waals surface area contributed by atoms with Crippen molar-refractivity contribution in [2.45, 2.75) is 38.1 Å². The zero-order valence-electron chi connectivity index (χ0n) is 20.2. The molecule has 0 saturated carbocycles. The van der Waals surface area contributed by atoms with E-state index in [0.717, 1.165) is 11.1 Å². The Bertz CT molecular complexity index is 1280. The molecule has 1 amide bonds. The van der Waals surface area contributed by atoms with Crippen LogP contribution in [0.15, 0.2) is 83.8 Å². The number of anilines is 1. The summed E-state index contributed by atoms with van der Waals surface area (Å²) in [5.41, 5.74) is 2.28. The van der Waals surface area contributed by atoms with Crippen LogP contribution in [0.4, 0.5) is 5.69 Å². The van der Waals surface area contributed by atoms with Gasteiger partial charge in [0.2, 0.25) is 5.91 Å². The van der Waals surface area contributed by atoms with Gasteiger partial charge in [0.05, 0.1) is 12.0 Å². The van der Waals surface area contributed by atoms with Crippen molar-refractivity contribution in [3.8, 4) is 11.1 Å². The Morgan fingerprint density at radius 1 is 0.886 bits per heavy atom. The number of carbonyl (C=O) groups excluding carboxylic acids is 2. The lowest BCUT2D eigenvalue weighted by Crippen LogP contribution is -2.36. The van der Waals surface area contributed by atoms with E-state index in [0.29, 0.717) is 5.56 Å². The fraction of sp³-hybridized carbons (Fsp3) is 0.259. The van der Waals surface area contributed by atoms with E-state index in [4.69, 9.17) is 4.74 Å². The quantitative estimate of drug-likeness (QED) is 0.433. The minimum absolute atomic E-state index is 0.102. The smallest absolute Gasteiger partial charge is 0.333 e. The number of sulfonamides is 1. The molecule has 3 rings (SSSR count). The highest BCUT2D eigenvalue weighted by Gasteiger charge is 2.26. The van der Waals surface area contributed by atoms with E-state index in [2.05, 4.69) is 10.0 Å². The molecule has 0 fully saturated rings. The van der Waals surface area contributed by atoms with Gasteiger partial charge in [-0.25, -0.2) is 13.2 Å². The van der Waals surface area contributed by atoms with Gasteiger partial charge in [0.25, 0.3) is 10.0 Å². The Morgan fingerprint density at radius 3 is 2.11 bits per heavy atom. The zero-order valence-corrected chi connectivity index (χ0v) is 21.1. The third-order valence-electron chi connectivity index (χ3n) is 5.18. The molecule has 1 atom stereocenters. The molecule has 3 aromatic rings. The van der Waals surface area contributed by atoms with Gasteiger partial charge in [0.1, 0.15) is 0 Å². The van der Waals surface area contributed by atoms with E-state index >= 15 is 0 Å². The third-order valence-corrected chi connectivity index (χ3v) is 6.57. The molecule has 0 aliphatic rings. The second kappa shape index (κ2) is 10.7. The lowest BCUT2D eigenvalue weighted by Gasteiger charge is -2.22. The van der Waals surface area contributed by atoms with E-state index in [1.54, 1.807) is 42.5 Å². The molecule has 0 unspecified atom stereocenters. The van der Waals surface area contributed by atoms with Crippen LogP contribution in [0.3, 0.4) is 0 Å². The molecule has 7 nitrogen and oxygen atoms in total. The second-order valence-electron chi connectivity index (χ2n) is 9.38. The van der Waals surface area contributed by atoms with Gasteiger partial charge >= 0.3 is 5.97 Å². The van der Waals surface area contributed by atoms with E-state index in [9.17, 15) is 18.0 Å². The average molecular weight is 495 g/mol. The van der Waals surface area contributed by atoms with E-state index in [-0.39, 0.29) is 28.3 Å². The summed E-state index contributed by atoms with van der Waals surface area (Å²) in [5, 5.41) is 2.69. The maximum absolute atomic E-state index is 13.0. The first kappa shape index (κ1) is 26.0. The fourth-order valence-electron chi connectivity index (χ4n) is 3.54. The van der Waals surface area contributed by atoms with Crippen LogP contribution in [0.1, 0.15) is 38.8 Å². The van der Waals surface area contributed by atoms with Crippen molar-refractivity contribution >= 4 is 27.6 Å². The van der Waals surface area contributed by atoms with Crippen molar-refractivity contribution in [3.63, 3.8) is 0 Å². The third kappa shape index (κ3) is 7.16. The first-order valence-electron chi connectivity index (χ1n) is 11.1. The summed E-state index contributed by atoms with van der Waals surface area (Å²) in [5.74, 6) is -0.957. The number of amides is 1. The molecule has 184 valence electrons. The number of esters is 1. The summed E-state index contributed by atoms with van der Waals surface area (Å²) in [6, 6.07) is 21.5. The molecule has 0 spiro atoms. The topological polar surface area (TPSA) is 102 Å². The van der Waals surface area contributed by atoms with Crippen molar-refractivity contribution in [3.05, 3.63) is 84.4 Å². The van der Waals surface area contributed by atoms with Gasteiger partial charge in [-0.05, 0) is 46.4 Å². The van der Waals surface area contributed by atoms with Crippen LogP contribution in [-0.2, 0) is 24.3 Å². The van der Waals surface area contributed by atoms with Crippen molar-refractivity contribution in [1.82, 2.24) is 5.32 Å². The van der Waals surface area contributed by atoms with Crippen molar-refractivity contribution < 1.29 is 22.7 Å². The molecule has 2 N–H and O–H groups in total. The van der Waals surface area contributed by atoms with Crippen LogP contribution in [0.2, 0.25) is 0 Å². The van der Waals surface area contributed by atoms with Crippen LogP contribution >= 0.6 is 0 Å². The van der Waals surface area contributed by atoms with Crippen molar-refractivity contribution in [2.75, 3.05) is 11.8 Å². The lowest BCUT2D eigenvalue weighted by molar-refractivity contribution is -0.145. The van der Waals surface area contributed by atoms with Crippen LogP contribution in [-0.4, -0.2) is 27.4 Å². The average Bonchev–Trinajstić information content (AvgIpc) is 2.81. The minimum atomic E-state index is -3.88. The number of hydrogen-bond acceptors (Lipinski definition) is 5. The highest BCUT2D eigenvalue weighted by atomic mass is 32.2. The molecule has 8 heteroatoms. The number of benzene rings is 3. The minimum Gasteiger partial charge on any atom is -0.467 e. The number of rotatable bonds is 8. The van der Waals surface area contributed by atoms with Crippen LogP contribution < -0.4 is 10.0 Å². The van der Waals surface area contributed by atoms with Gasteiger partial charge in [-0.15, -0.1) is 0 Å². The summed E-state index contributed by atoms with van der Waals surface area (Å²) < 4.78 is 33.4. The van der Waals surface area contributed by atoms with Gasteiger partial charge in [-0.1, -0.05) is 75.4 Å². The summed E-state index contributed by atoms with van der Waals surface area (Å²) in [7, 11) is -2.65. The monoisotopic (exact) mass is 494 g/mol. The highest BCUT2D eigenvalue weighted by Crippen LogP contribution is 2.25. The number of carbonyl (C=O) groups is 2. The first-order valence-corrected chi connectivity index (χ1v) is 12.6. The first-order chi connectivity index (χ1) is 16.5. The predicted octanol–water partition coefficient (Wildman–Crippen LogP) is 4.92. The molecule has 0 radical (unpaired) electrons. The van der Waals surface area contributed by atoms with Crippen molar-refractivity contribution in [1.29, 1.82) is 0 Å². The Balaban J connectivity index is 1.81. The molecular weight excluding hydrogens is 464 g/mol. The number of ether oxygens (including phenoxy) is 1. The van der Waals surface area contributed by atoms with Gasteiger partial charge < -0.3 is 10.1 Å².